The molecule has 0 rings (SSSR count). The first-order chi connectivity index (χ1) is 9.81. The Bertz CT molecular complexity index is 173. The molecule has 2 nitrogen and oxygen atoms in total. The van der Waals surface area contributed by atoms with Gasteiger partial charge in [-0.15, -0.1) is 0 Å². The Morgan fingerprint density at radius 1 is 0.600 bits per heavy atom. The van der Waals surface area contributed by atoms with Crippen molar-refractivity contribution in [1.82, 2.24) is 4.90 Å². The lowest BCUT2D eigenvalue weighted by atomic mass is 10.1. The molecule has 0 aromatic heterocycles. The van der Waals surface area contributed by atoms with Crippen LogP contribution in [0, 0.1) is 0 Å². The highest BCUT2D eigenvalue weighted by molar-refractivity contribution is 4.53. The van der Waals surface area contributed by atoms with E-state index in [1.165, 1.54) is 83.6 Å². The lowest BCUT2D eigenvalue weighted by Crippen LogP contribution is -2.21. The molecule has 0 unspecified atom stereocenters. The molecule has 0 aromatic rings. The molecule has 122 valence electrons. The number of nitrogens with zero attached hydrogens (tertiary/aromatic N) is 1. The highest BCUT2D eigenvalue weighted by Crippen LogP contribution is 2.11. The summed E-state index contributed by atoms with van der Waals surface area (Å²) in [4.78, 5) is 2.34. The summed E-state index contributed by atoms with van der Waals surface area (Å²) in [7, 11) is 2.16. The summed E-state index contributed by atoms with van der Waals surface area (Å²) < 4.78 is 0. The smallest absolute Gasteiger partial charge is 0.0443 e. The molecule has 0 saturated heterocycles. The molecule has 2 heteroatoms. The standard InChI is InChI=1S/C18H39NO/c1-3-4-5-6-7-8-9-10-11-12-13-14-16-19(2)17-15-18-20/h20H,3-18H2,1-2H3. The van der Waals surface area contributed by atoms with Gasteiger partial charge < -0.3 is 10.0 Å². The molecule has 1 N–H and O–H groups in total. The van der Waals surface area contributed by atoms with Crippen LogP contribution in [-0.4, -0.2) is 36.8 Å². The van der Waals surface area contributed by atoms with E-state index in [-0.39, 0.29) is 0 Å². The fourth-order valence-corrected chi connectivity index (χ4v) is 2.68. The third kappa shape index (κ3) is 16.0. The van der Waals surface area contributed by atoms with Gasteiger partial charge in [0.1, 0.15) is 0 Å². The van der Waals surface area contributed by atoms with Crippen LogP contribution in [0.3, 0.4) is 0 Å². The molecule has 0 amide bonds. The highest BCUT2D eigenvalue weighted by atomic mass is 16.3. The van der Waals surface area contributed by atoms with Gasteiger partial charge >= 0.3 is 0 Å². The fourth-order valence-electron chi connectivity index (χ4n) is 2.68. The van der Waals surface area contributed by atoms with Crippen LogP contribution in [0.4, 0.5) is 0 Å². The monoisotopic (exact) mass is 285 g/mol. The second-order valence-electron chi connectivity index (χ2n) is 6.27. The van der Waals surface area contributed by atoms with Crippen molar-refractivity contribution in [2.24, 2.45) is 0 Å². The van der Waals surface area contributed by atoms with Crippen LogP contribution >= 0.6 is 0 Å². The van der Waals surface area contributed by atoms with Crippen LogP contribution in [0.5, 0.6) is 0 Å². The first-order valence-corrected chi connectivity index (χ1v) is 9.10. The van der Waals surface area contributed by atoms with Gasteiger partial charge in [-0.25, -0.2) is 0 Å². The third-order valence-electron chi connectivity index (χ3n) is 4.09. The molecule has 20 heavy (non-hydrogen) atoms. The maximum Gasteiger partial charge on any atom is 0.0443 e. The first kappa shape index (κ1) is 19.9. The minimum Gasteiger partial charge on any atom is -0.396 e. The van der Waals surface area contributed by atoms with E-state index >= 15 is 0 Å². The summed E-state index contributed by atoms with van der Waals surface area (Å²) in [6.45, 7) is 4.83. The van der Waals surface area contributed by atoms with E-state index in [1.807, 2.05) is 0 Å². The highest BCUT2D eigenvalue weighted by Gasteiger charge is 1.97. The predicted molar refractivity (Wildman–Crippen MR) is 90.3 cm³/mol. The van der Waals surface area contributed by atoms with Crippen LogP contribution in [0.1, 0.15) is 90.4 Å². The predicted octanol–water partition coefficient (Wildman–Crippen LogP) is 5.00. The van der Waals surface area contributed by atoms with Gasteiger partial charge in [-0.05, 0) is 26.4 Å². The summed E-state index contributed by atoms with van der Waals surface area (Å²) in [6.07, 6.45) is 17.9. The van der Waals surface area contributed by atoms with Crippen LogP contribution < -0.4 is 0 Å². The van der Waals surface area contributed by atoms with Crippen LogP contribution in [0.15, 0.2) is 0 Å². The van der Waals surface area contributed by atoms with Gasteiger partial charge in [0.15, 0.2) is 0 Å². The molecule has 0 aromatic carbocycles. The van der Waals surface area contributed by atoms with E-state index in [4.69, 9.17) is 5.11 Å². The molecule has 0 fully saturated rings. The topological polar surface area (TPSA) is 23.5 Å². The molecule has 0 radical (unpaired) electrons. The summed E-state index contributed by atoms with van der Waals surface area (Å²) >= 11 is 0. The zero-order chi connectivity index (χ0) is 14.9. The van der Waals surface area contributed by atoms with E-state index in [2.05, 4.69) is 18.9 Å². The van der Waals surface area contributed by atoms with Gasteiger partial charge in [0.05, 0.1) is 0 Å². The number of unbranched alkanes of at least 4 members (excludes halogenated alkanes) is 11. The van der Waals surface area contributed by atoms with Crippen molar-refractivity contribution in [1.29, 1.82) is 0 Å². The summed E-state index contributed by atoms with van der Waals surface area (Å²) in [6, 6.07) is 0. The zero-order valence-corrected chi connectivity index (χ0v) is 14.2. The van der Waals surface area contributed by atoms with Crippen molar-refractivity contribution in [2.45, 2.75) is 90.4 Å². The van der Waals surface area contributed by atoms with Gasteiger partial charge in [-0.1, -0.05) is 77.6 Å². The van der Waals surface area contributed by atoms with Crippen molar-refractivity contribution in [3.63, 3.8) is 0 Å². The molecule has 0 saturated carbocycles. The van der Waals surface area contributed by atoms with Crippen LogP contribution in [-0.2, 0) is 0 Å². The maximum absolute atomic E-state index is 8.76. The molecule has 0 heterocycles. The summed E-state index contributed by atoms with van der Waals surface area (Å²) in [5.41, 5.74) is 0. The summed E-state index contributed by atoms with van der Waals surface area (Å²) in [5.74, 6) is 0. The molecule has 0 aliphatic heterocycles. The van der Waals surface area contributed by atoms with Crippen molar-refractivity contribution < 1.29 is 5.11 Å². The van der Waals surface area contributed by atoms with E-state index in [0.717, 1.165) is 13.0 Å². The molecular weight excluding hydrogens is 246 g/mol. The van der Waals surface area contributed by atoms with Crippen molar-refractivity contribution >= 4 is 0 Å². The third-order valence-corrected chi connectivity index (χ3v) is 4.09. The fraction of sp³-hybridized carbons (Fsp3) is 1.00. The van der Waals surface area contributed by atoms with E-state index in [0.29, 0.717) is 6.61 Å². The molecule has 0 aliphatic carbocycles. The Morgan fingerprint density at radius 3 is 1.45 bits per heavy atom. The molecule has 0 atom stereocenters. The average molecular weight is 286 g/mol. The van der Waals surface area contributed by atoms with Crippen molar-refractivity contribution in [3.05, 3.63) is 0 Å². The summed E-state index contributed by atoms with van der Waals surface area (Å²) in [5, 5.41) is 8.76. The maximum atomic E-state index is 8.76. The molecule has 0 bridgehead atoms. The van der Waals surface area contributed by atoms with Gasteiger partial charge in [-0.2, -0.15) is 0 Å². The van der Waals surface area contributed by atoms with Crippen molar-refractivity contribution in [2.75, 3.05) is 26.7 Å². The Balaban J connectivity index is 3.02. The van der Waals surface area contributed by atoms with Crippen LogP contribution in [0.25, 0.3) is 0 Å². The first-order valence-electron chi connectivity index (χ1n) is 9.10. The van der Waals surface area contributed by atoms with Gasteiger partial charge in [-0.3, -0.25) is 0 Å². The lowest BCUT2D eigenvalue weighted by molar-refractivity contribution is 0.245. The zero-order valence-electron chi connectivity index (χ0n) is 14.2. The minimum atomic E-state index is 0.322. The number of aliphatic hydroxyl groups excluding tert-OH is 1. The van der Waals surface area contributed by atoms with Gasteiger partial charge in [0.25, 0.3) is 0 Å². The Kier molecular flexibility index (Phi) is 16.9. The second-order valence-corrected chi connectivity index (χ2v) is 6.27. The van der Waals surface area contributed by atoms with Gasteiger partial charge in [0, 0.05) is 13.2 Å². The Morgan fingerprint density at radius 2 is 1.00 bits per heavy atom. The molecule has 0 aliphatic rings. The Hall–Kier alpha value is -0.0800. The number of hydrogen-bond acceptors (Lipinski definition) is 2. The SMILES string of the molecule is CCCCCCCCCCCCCCN(C)CCCO. The van der Waals surface area contributed by atoms with E-state index in [1.54, 1.807) is 0 Å². The average Bonchev–Trinajstić information content (AvgIpc) is 2.46. The van der Waals surface area contributed by atoms with E-state index in [9.17, 15) is 0 Å². The lowest BCUT2D eigenvalue weighted by Gasteiger charge is -2.15. The van der Waals surface area contributed by atoms with E-state index < -0.39 is 0 Å². The second kappa shape index (κ2) is 17.0. The number of rotatable bonds is 16. The quantitative estimate of drug-likeness (QED) is 0.403. The normalized spacial score (nSPS) is 11.4. The van der Waals surface area contributed by atoms with Crippen LogP contribution in [0.2, 0.25) is 0 Å². The molecular formula is C18H39NO. The minimum absolute atomic E-state index is 0.322. The number of aliphatic hydroxyl groups is 1. The molecule has 0 spiro atoms. The Labute approximate surface area is 127 Å². The largest absolute Gasteiger partial charge is 0.396 e. The van der Waals surface area contributed by atoms with Crippen molar-refractivity contribution in [3.8, 4) is 0 Å². The van der Waals surface area contributed by atoms with Gasteiger partial charge in [0.2, 0.25) is 0 Å². The number of hydrogen-bond donors (Lipinski definition) is 1.